The van der Waals surface area contributed by atoms with Crippen molar-refractivity contribution in [3.05, 3.63) is 15.8 Å². The number of anilines is 1. The standard InChI is InChI=1S/C9H13IN2O3/c1-12(2)9-8(15-14-6-13-3)7(10)4-5-11-9/h4-5H,6H2,1-3H3. The number of hydrogen-bond acceptors (Lipinski definition) is 5. The number of rotatable bonds is 5. The summed E-state index contributed by atoms with van der Waals surface area (Å²) in [6.07, 6.45) is 1.72. The number of pyridine rings is 1. The Morgan fingerprint density at radius 3 is 2.80 bits per heavy atom. The van der Waals surface area contributed by atoms with E-state index >= 15 is 0 Å². The molecule has 0 radical (unpaired) electrons. The first-order chi connectivity index (χ1) is 7.16. The molecule has 0 saturated carbocycles. The van der Waals surface area contributed by atoms with Gasteiger partial charge in [-0.15, -0.1) is 0 Å². The molecule has 0 N–H and O–H groups in total. The fourth-order valence-corrected chi connectivity index (χ4v) is 1.43. The molecule has 6 heteroatoms. The fraction of sp³-hybridized carbons (Fsp3) is 0.444. The molecule has 0 aliphatic rings. The Morgan fingerprint density at radius 1 is 1.47 bits per heavy atom. The Balaban J connectivity index is 2.82. The Hall–Kier alpha value is -0.600. The van der Waals surface area contributed by atoms with Crippen molar-refractivity contribution in [3.8, 4) is 5.75 Å². The molecular formula is C9H13IN2O3. The van der Waals surface area contributed by atoms with Gasteiger partial charge in [0.1, 0.15) is 0 Å². The first-order valence-electron chi connectivity index (χ1n) is 4.27. The predicted octanol–water partition coefficient (Wildman–Crippen LogP) is 1.67. The quantitative estimate of drug-likeness (QED) is 0.271. The Morgan fingerprint density at radius 2 is 2.20 bits per heavy atom. The van der Waals surface area contributed by atoms with E-state index in [4.69, 9.17) is 14.5 Å². The first-order valence-corrected chi connectivity index (χ1v) is 5.35. The number of halogens is 1. The summed E-state index contributed by atoms with van der Waals surface area (Å²) in [5.41, 5.74) is 0. The van der Waals surface area contributed by atoms with E-state index in [2.05, 4.69) is 27.6 Å². The average Bonchev–Trinajstić information content (AvgIpc) is 2.20. The van der Waals surface area contributed by atoms with Crippen molar-refractivity contribution < 1.29 is 14.5 Å². The largest absolute Gasteiger partial charge is 0.360 e. The van der Waals surface area contributed by atoms with E-state index in [1.165, 1.54) is 7.11 Å². The van der Waals surface area contributed by atoms with E-state index in [1.54, 1.807) is 6.20 Å². The van der Waals surface area contributed by atoms with Gasteiger partial charge < -0.3 is 14.5 Å². The van der Waals surface area contributed by atoms with E-state index in [1.807, 2.05) is 25.1 Å². The van der Waals surface area contributed by atoms with E-state index in [0.29, 0.717) is 5.75 Å². The van der Waals surface area contributed by atoms with Crippen LogP contribution in [0.5, 0.6) is 5.75 Å². The van der Waals surface area contributed by atoms with Gasteiger partial charge in [0, 0.05) is 27.4 Å². The summed E-state index contributed by atoms with van der Waals surface area (Å²) in [5, 5.41) is 0. The Bertz CT molecular complexity index is 320. The molecule has 15 heavy (non-hydrogen) atoms. The SMILES string of the molecule is COCOOc1c(I)ccnc1N(C)C. The van der Waals surface area contributed by atoms with E-state index in [9.17, 15) is 0 Å². The van der Waals surface area contributed by atoms with Crippen LogP contribution in [0.3, 0.4) is 0 Å². The van der Waals surface area contributed by atoms with Gasteiger partial charge in [-0.05, 0) is 28.7 Å². The lowest BCUT2D eigenvalue weighted by Gasteiger charge is -2.15. The third-order valence-corrected chi connectivity index (χ3v) is 2.42. The average molecular weight is 324 g/mol. The highest BCUT2D eigenvalue weighted by atomic mass is 127. The van der Waals surface area contributed by atoms with Gasteiger partial charge in [-0.25, -0.2) is 4.98 Å². The van der Waals surface area contributed by atoms with E-state index in [-0.39, 0.29) is 6.79 Å². The second kappa shape index (κ2) is 6.09. The van der Waals surface area contributed by atoms with Gasteiger partial charge in [-0.1, -0.05) is 0 Å². The van der Waals surface area contributed by atoms with Crippen molar-refractivity contribution in [3.63, 3.8) is 0 Å². The monoisotopic (exact) mass is 324 g/mol. The lowest BCUT2D eigenvalue weighted by Crippen LogP contribution is -2.14. The first kappa shape index (κ1) is 12.5. The van der Waals surface area contributed by atoms with Gasteiger partial charge in [0.2, 0.25) is 5.75 Å². The molecule has 0 aliphatic carbocycles. The maximum absolute atomic E-state index is 5.13. The third-order valence-electron chi connectivity index (χ3n) is 1.57. The molecule has 1 aromatic heterocycles. The number of hydrogen-bond donors (Lipinski definition) is 0. The number of ether oxygens (including phenoxy) is 1. The van der Waals surface area contributed by atoms with Crippen LogP contribution in [0, 0.1) is 3.57 Å². The fourth-order valence-electron chi connectivity index (χ4n) is 0.941. The molecule has 0 aliphatic heterocycles. The van der Waals surface area contributed by atoms with Crippen molar-refractivity contribution in [2.45, 2.75) is 0 Å². The molecule has 1 aromatic rings. The number of nitrogens with zero attached hydrogens (tertiary/aromatic N) is 2. The summed E-state index contributed by atoms with van der Waals surface area (Å²) in [4.78, 5) is 16.0. The molecule has 0 atom stereocenters. The van der Waals surface area contributed by atoms with Crippen LogP contribution in [0.4, 0.5) is 5.82 Å². The summed E-state index contributed by atoms with van der Waals surface area (Å²) in [7, 11) is 5.31. The lowest BCUT2D eigenvalue weighted by atomic mass is 10.4. The van der Waals surface area contributed by atoms with Crippen LogP contribution in [-0.4, -0.2) is 33.0 Å². The smallest absolute Gasteiger partial charge is 0.221 e. The van der Waals surface area contributed by atoms with Gasteiger partial charge in [0.15, 0.2) is 12.6 Å². The van der Waals surface area contributed by atoms with Crippen LogP contribution in [-0.2, 0) is 9.62 Å². The van der Waals surface area contributed by atoms with Crippen LogP contribution in [0.15, 0.2) is 12.3 Å². The maximum atomic E-state index is 5.13. The minimum absolute atomic E-state index is 0.0812. The molecule has 0 bridgehead atoms. The van der Waals surface area contributed by atoms with Crippen LogP contribution < -0.4 is 9.79 Å². The van der Waals surface area contributed by atoms with Crippen LogP contribution in [0.25, 0.3) is 0 Å². The maximum Gasteiger partial charge on any atom is 0.221 e. The second-order valence-electron chi connectivity index (χ2n) is 2.95. The minimum Gasteiger partial charge on any atom is -0.360 e. The minimum atomic E-state index is 0.0812. The highest BCUT2D eigenvalue weighted by Crippen LogP contribution is 2.29. The normalized spacial score (nSPS) is 10.1. The van der Waals surface area contributed by atoms with E-state index in [0.717, 1.165) is 9.39 Å². The van der Waals surface area contributed by atoms with Crippen molar-refractivity contribution in [2.24, 2.45) is 0 Å². The van der Waals surface area contributed by atoms with Crippen molar-refractivity contribution in [1.82, 2.24) is 4.98 Å². The summed E-state index contributed by atoms with van der Waals surface area (Å²) in [6, 6.07) is 1.85. The second-order valence-corrected chi connectivity index (χ2v) is 4.11. The van der Waals surface area contributed by atoms with E-state index < -0.39 is 0 Å². The van der Waals surface area contributed by atoms with Crippen molar-refractivity contribution in [2.75, 3.05) is 32.9 Å². The zero-order valence-corrected chi connectivity index (χ0v) is 11.0. The molecule has 0 fully saturated rings. The van der Waals surface area contributed by atoms with Crippen LogP contribution in [0.1, 0.15) is 0 Å². The third kappa shape index (κ3) is 3.47. The Kier molecular flexibility index (Phi) is 5.06. The number of methoxy groups -OCH3 is 1. The molecular weight excluding hydrogens is 311 g/mol. The van der Waals surface area contributed by atoms with Gasteiger partial charge in [-0.2, -0.15) is 4.89 Å². The van der Waals surface area contributed by atoms with Crippen molar-refractivity contribution >= 4 is 28.4 Å². The molecule has 84 valence electrons. The van der Waals surface area contributed by atoms with Gasteiger partial charge in [0.25, 0.3) is 0 Å². The molecule has 0 amide bonds. The summed E-state index contributed by atoms with van der Waals surface area (Å²) >= 11 is 2.16. The van der Waals surface area contributed by atoms with Gasteiger partial charge in [0.05, 0.1) is 3.57 Å². The van der Waals surface area contributed by atoms with Crippen LogP contribution in [0.2, 0.25) is 0 Å². The molecule has 1 rings (SSSR count). The molecule has 0 saturated heterocycles. The van der Waals surface area contributed by atoms with Gasteiger partial charge >= 0.3 is 0 Å². The molecule has 0 aromatic carbocycles. The van der Waals surface area contributed by atoms with Crippen LogP contribution >= 0.6 is 22.6 Å². The Labute approximate surface area is 102 Å². The summed E-state index contributed by atoms with van der Waals surface area (Å²) < 4.78 is 5.65. The lowest BCUT2D eigenvalue weighted by molar-refractivity contribution is -0.260. The highest BCUT2D eigenvalue weighted by molar-refractivity contribution is 14.1. The molecule has 0 spiro atoms. The molecule has 0 unspecified atom stereocenters. The molecule has 1 heterocycles. The molecule has 5 nitrogen and oxygen atoms in total. The van der Waals surface area contributed by atoms with Gasteiger partial charge in [-0.3, -0.25) is 0 Å². The summed E-state index contributed by atoms with van der Waals surface area (Å²) in [6.45, 7) is 0.0812. The highest BCUT2D eigenvalue weighted by Gasteiger charge is 2.12. The van der Waals surface area contributed by atoms with Crippen molar-refractivity contribution in [1.29, 1.82) is 0 Å². The summed E-state index contributed by atoms with van der Waals surface area (Å²) in [5.74, 6) is 1.32. The zero-order chi connectivity index (χ0) is 11.3. The number of aromatic nitrogens is 1. The predicted molar refractivity (Wildman–Crippen MR) is 64.9 cm³/mol. The zero-order valence-electron chi connectivity index (χ0n) is 8.86. The topological polar surface area (TPSA) is 43.8 Å².